The normalized spacial score (nSPS) is 11.6. The Morgan fingerprint density at radius 2 is 1.90 bits per heavy atom. The van der Waals surface area contributed by atoms with Crippen molar-refractivity contribution in [3.63, 3.8) is 0 Å². The number of aromatic nitrogens is 2. The maximum absolute atomic E-state index is 12.5. The van der Waals surface area contributed by atoms with Crippen molar-refractivity contribution in [1.82, 2.24) is 9.78 Å². The van der Waals surface area contributed by atoms with Gasteiger partial charge in [0.1, 0.15) is 4.90 Å². The molecule has 2 rings (SSSR count). The van der Waals surface area contributed by atoms with Gasteiger partial charge in [0, 0.05) is 18.9 Å². The van der Waals surface area contributed by atoms with Gasteiger partial charge in [-0.25, -0.2) is 8.42 Å². The number of halogens is 2. The van der Waals surface area contributed by atoms with Crippen molar-refractivity contribution in [3.8, 4) is 0 Å². The highest BCUT2D eigenvalue weighted by molar-refractivity contribution is 7.93. The first-order valence-corrected chi connectivity index (χ1v) is 8.28. The SMILES string of the molecule is CCc1nn(C)cc1NS(=O)(=O)c1c(Cl)cc(N)cc1Cl. The van der Waals surface area contributed by atoms with Crippen LogP contribution in [0.25, 0.3) is 0 Å². The molecule has 6 nitrogen and oxygen atoms in total. The molecule has 0 amide bonds. The van der Waals surface area contributed by atoms with Crippen LogP contribution in [0.4, 0.5) is 11.4 Å². The van der Waals surface area contributed by atoms with Gasteiger partial charge < -0.3 is 5.73 Å². The molecule has 0 aliphatic heterocycles. The van der Waals surface area contributed by atoms with Gasteiger partial charge in [-0.3, -0.25) is 9.40 Å². The Morgan fingerprint density at radius 3 is 2.43 bits per heavy atom. The van der Waals surface area contributed by atoms with E-state index in [0.717, 1.165) is 0 Å². The highest BCUT2D eigenvalue weighted by Crippen LogP contribution is 2.33. The number of aryl methyl sites for hydroxylation is 2. The lowest BCUT2D eigenvalue weighted by atomic mass is 10.3. The molecule has 0 fully saturated rings. The molecule has 0 saturated heterocycles. The first-order valence-electron chi connectivity index (χ1n) is 6.04. The molecule has 114 valence electrons. The Hall–Kier alpha value is -1.44. The minimum absolute atomic E-state index is 0.0329. The van der Waals surface area contributed by atoms with Crippen LogP contribution in [0.2, 0.25) is 10.0 Å². The lowest BCUT2D eigenvalue weighted by Gasteiger charge is -2.11. The second kappa shape index (κ2) is 5.75. The Bertz CT molecular complexity index is 764. The van der Waals surface area contributed by atoms with E-state index in [2.05, 4.69) is 9.82 Å². The summed E-state index contributed by atoms with van der Waals surface area (Å²) in [6.45, 7) is 1.88. The van der Waals surface area contributed by atoms with Crippen molar-refractivity contribution in [2.24, 2.45) is 7.05 Å². The number of hydrogen-bond acceptors (Lipinski definition) is 4. The molecular weight excluding hydrogens is 335 g/mol. The summed E-state index contributed by atoms with van der Waals surface area (Å²) in [6, 6.07) is 2.68. The lowest BCUT2D eigenvalue weighted by Crippen LogP contribution is -2.15. The molecule has 9 heteroatoms. The summed E-state index contributed by atoms with van der Waals surface area (Å²) in [6.07, 6.45) is 2.16. The maximum atomic E-state index is 12.5. The first kappa shape index (κ1) is 15.9. The highest BCUT2D eigenvalue weighted by atomic mass is 35.5. The zero-order valence-electron chi connectivity index (χ0n) is 11.4. The zero-order valence-corrected chi connectivity index (χ0v) is 13.7. The Balaban J connectivity index is 2.48. The first-order chi connectivity index (χ1) is 9.74. The van der Waals surface area contributed by atoms with Gasteiger partial charge in [0.05, 0.1) is 21.4 Å². The number of sulfonamides is 1. The van der Waals surface area contributed by atoms with E-state index in [9.17, 15) is 8.42 Å². The second-order valence-electron chi connectivity index (χ2n) is 4.44. The van der Waals surface area contributed by atoms with Crippen LogP contribution >= 0.6 is 23.2 Å². The van der Waals surface area contributed by atoms with Gasteiger partial charge in [-0.05, 0) is 18.6 Å². The summed E-state index contributed by atoms with van der Waals surface area (Å²) in [5.41, 5.74) is 6.89. The summed E-state index contributed by atoms with van der Waals surface area (Å²) in [5.74, 6) is 0. The van der Waals surface area contributed by atoms with Crippen molar-refractivity contribution in [2.75, 3.05) is 10.5 Å². The van der Waals surface area contributed by atoms with Gasteiger partial charge >= 0.3 is 0 Å². The molecule has 0 atom stereocenters. The molecular formula is C12H14Cl2N4O2S. The molecule has 1 aromatic carbocycles. The summed E-state index contributed by atoms with van der Waals surface area (Å²) in [5, 5.41) is 4.10. The van der Waals surface area contributed by atoms with Gasteiger partial charge in [0.2, 0.25) is 0 Å². The third kappa shape index (κ3) is 3.25. The van der Waals surface area contributed by atoms with Gasteiger partial charge in [-0.2, -0.15) is 5.10 Å². The molecule has 0 radical (unpaired) electrons. The Kier molecular flexibility index (Phi) is 4.36. The molecule has 0 spiro atoms. The zero-order chi connectivity index (χ0) is 15.8. The van der Waals surface area contributed by atoms with Crippen LogP contribution in [0, 0.1) is 0 Å². The van der Waals surface area contributed by atoms with Crippen molar-refractivity contribution in [2.45, 2.75) is 18.2 Å². The monoisotopic (exact) mass is 348 g/mol. The van der Waals surface area contributed by atoms with Crippen LogP contribution in [0.3, 0.4) is 0 Å². The number of benzene rings is 1. The van der Waals surface area contributed by atoms with Crippen LogP contribution in [-0.4, -0.2) is 18.2 Å². The van der Waals surface area contributed by atoms with E-state index >= 15 is 0 Å². The lowest BCUT2D eigenvalue weighted by molar-refractivity contribution is 0.601. The quantitative estimate of drug-likeness (QED) is 0.831. The average molecular weight is 349 g/mol. The molecule has 21 heavy (non-hydrogen) atoms. The van der Waals surface area contributed by atoms with E-state index in [4.69, 9.17) is 28.9 Å². The van der Waals surface area contributed by atoms with E-state index in [1.807, 2.05) is 6.92 Å². The number of nitrogens with two attached hydrogens (primary N) is 1. The molecule has 0 unspecified atom stereocenters. The summed E-state index contributed by atoms with van der Waals surface area (Å²) >= 11 is 11.9. The average Bonchev–Trinajstić information content (AvgIpc) is 2.66. The van der Waals surface area contributed by atoms with E-state index in [0.29, 0.717) is 23.5 Å². The van der Waals surface area contributed by atoms with Crippen LogP contribution < -0.4 is 10.5 Å². The van der Waals surface area contributed by atoms with Gasteiger partial charge in [-0.1, -0.05) is 30.1 Å². The molecule has 1 heterocycles. The van der Waals surface area contributed by atoms with E-state index in [-0.39, 0.29) is 14.9 Å². The number of nitrogens with zero attached hydrogens (tertiary/aromatic N) is 2. The summed E-state index contributed by atoms with van der Waals surface area (Å²) in [4.78, 5) is -0.203. The predicted octanol–water partition coefficient (Wildman–Crippen LogP) is 2.67. The third-order valence-corrected chi connectivity index (χ3v) is 5.06. The predicted molar refractivity (Wildman–Crippen MR) is 84.3 cm³/mol. The standard InChI is InChI=1S/C12H14Cl2N4O2S/c1-3-10-11(6-18(2)16-10)17-21(19,20)12-8(13)4-7(15)5-9(12)14/h4-6,17H,3,15H2,1-2H3. The van der Waals surface area contributed by atoms with Crippen LogP contribution in [-0.2, 0) is 23.5 Å². The summed E-state index contributed by atoms with van der Waals surface area (Å²) < 4.78 is 28.9. The largest absolute Gasteiger partial charge is 0.399 e. The fourth-order valence-electron chi connectivity index (χ4n) is 1.91. The smallest absolute Gasteiger partial charge is 0.264 e. The third-order valence-electron chi connectivity index (χ3n) is 2.77. The minimum atomic E-state index is -3.93. The van der Waals surface area contributed by atoms with Crippen molar-refractivity contribution < 1.29 is 8.42 Å². The highest BCUT2D eigenvalue weighted by Gasteiger charge is 2.24. The number of nitrogens with one attached hydrogen (secondary N) is 1. The second-order valence-corrected chi connectivity index (χ2v) is 6.87. The fraction of sp³-hybridized carbons (Fsp3) is 0.250. The Labute approximate surface area is 132 Å². The van der Waals surface area contributed by atoms with E-state index in [1.54, 1.807) is 13.2 Å². The van der Waals surface area contributed by atoms with Crippen LogP contribution in [0.5, 0.6) is 0 Å². The van der Waals surface area contributed by atoms with Crippen LogP contribution in [0.1, 0.15) is 12.6 Å². The molecule has 3 N–H and O–H groups in total. The number of anilines is 2. The van der Waals surface area contributed by atoms with Crippen molar-refractivity contribution in [3.05, 3.63) is 34.1 Å². The maximum Gasteiger partial charge on any atom is 0.264 e. The van der Waals surface area contributed by atoms with Crippen molar-refractivity contribution >= 4 is 44.6 Å². The summed E-state index contributed by atoms with van der Waals surface area (Å²) in [7, 11) is -2.23. The van der Waals surface area contributed by atoms with Gasteiger partial charge in [0.25, 0.3) is 10.0 Å². The van der Waals surface area contributed by atoms with Gasteiger partial charge in [-0.15, -0.1) is 0 Å². The number of rotatable bonds is 4. The number of nitrogen functional groups attached to an aromatic ring is 1. The topological polar surface area (TPSA) is 90.0 Å². The van der Waals surface area contributed by atoms with Crippen LogP contribution in [0.15, 0.2) is 23.2 Å². The van der Waals surface area contributed by atoms with Crippen molar-refractivity contribution in [1.29, 1.82) is 0 Å². The van der Waals surface area contributed by atoms with Gasteiger partial charge in [0.15, 0.2) is 0 Å². The number of hydrogen-bond donors (Lipinski definition) is 2. The molecule has 0 saturated carbocycles. The molecule has 2 aromatic rings. The molecule has 0 aliphatic rings. The molecule has 0 aliphatic carbocycles. The molecule has 0 bridgehead atoms. The molecule has 1 aromatic heterocycles. The van der Waals surface area contributed by atoms with E-state index < -0.39 is 10.0 Å². The minimum Gasteiger partial charge on any atom is -0.399 e. The fourth-order valence-corrected chi connectivity index (χ4v) is 4.22. The van der Waals surface area contributed by atoms with E-state index in [1.165, 1.54) is 16.8 Å². The Morgan fingerprint density at radius 1 is 1.33 bits per heavy atom.